The lowest BCUT2D eigenvalue weighted by molar-refractivity contribution is 0.0683. The maximum absolute atomic E-state index is 12.7. The summed E-state index contributed by atoms with van der Waals surface area (Å²) in [4.78, 5) is 19.0. The number of likely N-dealkylation sites (tertiary alicyclic amines) is 1. The molecule has 1 aliphatic rings. The second-order valence-electron chi connectivity index (χ2n) is 5.80. The molecule has 110 valence electrons. The second kappa shape index (κ2) is 6.73. The fourth-order valence-corrected chi connectivity index (χ4v) is 2.68. The fourth-order valence-electron chi connectivity index (χ4n) is 2.68. The maximum Gasteiger partial charge on any atom is 0.257 e. The van der Waals surface area contributed by atoms with Gasteiger partial charge in [0.1, 0.15) is 0 Å². The van der Waals surface area contributed by atoms with Crippen LogP contribution >= 0.6 is 0 Å². The monoisotopic (exact) mass is 275 g/mol. The van der Waals surface area contributed by atoms with Crippen molar-refractivity contribution in [3.05, 3.63) is 23.5 Å². The number of nitrogens with zero attached hydrogens (tertiary/aromatic N) is 2. The molecular formula is C16H25N3O. The number of aromatic nitrogens is 1. The molecule has 1 N–H and O–H groups in total. The van der Waals surface area contributed by atoms with E-state index in [-0.39, 0.29) is 5.91 Å². The average Bonchev–Trinajstić information content (AvgIpc) is 2.44. The van der Waals surface area contributed by atoms with Crippen molar-refractivity contribution < 1.29 is 4.79 Å². The minimum Gasteiger partial charge on any atom is -0.384 e. The van der Waals surface area contributed by atoms with E-state index in [0.29, 0.717) is 11.5 Å². The summed E-state index contributed by atoms with van der Waals surface area (Å²) in [5, 5.41) is 3.35. The molecule has 20 heavy (non-hydrogen) atoms. The molecule has 4 nitrogen and oxygen atoms in total. The van der Waals surface area contributed by atoms with Crippen molar-refractivity contribution in [2.24, 2.45) is 5.92 Å². The molecule has 0 bridgehead atoms. The van der Waals surface area contributed by atoms with Crippen molar-refractivity contribution in [1.29, 1.82) is 0 Å². The van der Waals surface area contributed by atoms with E-state index >= 15 is 0 Å². The highest BCUT2D eigenvalue weighted by Crippen LogP contribution is 2.22. The first-order valence-electron chi connectivity index (χ1n) is 7.61. The zero-order valence-electron chi connectivity index (χ0n) is 12.8. The SMILES string of the molecule is CCCNc1cc(C)ncc1C(=O)N1CCCC(C)C1. The summed E-state index contributed by atoms with van der Waals surface area (Å²) in [5.41, 5.74) is 2.56. The molecule has 1 aromatic rings. The summed E-state index contributed by atoms with van der Waals surface area (Å²) in [6.45, 7) is 8.89. The van der Waals surface area contributed by atoms with Crippen LogP contribution < -0.4 is 5.32 Å². The average molecular weight is 275 g/mol. The Morgan fingerprint density at radius 2 is 2.35 bits per heavy atom. The topological polar surface area (TPSA) is 45.2 Å². The van der Waals surface area contributed by atoms with E-state index in [1.165, 1.54) is 6.42 Å². The van der Waals surface area contributed by atoms with E-state index in [0.717, 1.165) is 43.9 Å². The lowest BCUT2D eigenvalue weighted by atomic mass is 9.99. The van der Waals surface area contributed by atoms with Crippen molar-refractivity contribution in [3.8, 4) is 0 Å². The number of hydrogen-bond donors (Lipinski definition) is 1. The summed E-state index contributed by atoms with van der Waals surface area (Å²) in [6, 6.07) is 1.97. The molecule has 0 aromatic carbocycles. The minimum absolute atomic E-state index is 0.114. The molecule has 1 saturated heterocycles. The molecule has 0 aliphatic carbocycles. The van der Waals surface area contributed by atoms with Crippen LogP contribution in [-0.2, 0) is 0 Å². The van der Waals surface area contributed by atoms with Gasteiger partial charge < -0.3 is 10.2 Å². The fraction of sp³-hybridized carbons (Fsp3) is 0.625. The Balaban J connectivity index is 2.19. The van der Waals surface area contributed by atoms with Gasteiger partial charge >= 0.3 is 0 Å². The Morgan fingerprint density at radius 3 is 3.05 bits per heavy atom. The molecule has 1 amide bonds. The maximum atomic E-state index is 12.7. The normalized spacial score (nSPS) is 18.9. The van der Waals surface area contributed by atoms with Gasteiger partial charge in [0.05, 0.1) is 11.3 Å². The standard InChI is InChI=1S/C16H25N3O/c1-4-7-17-15-9-13(3)18-10-14(15)16(20)19-8-5-6-12(2)11-19/h9-10,12H,4-8,11H2,1-3H3,(H,17,18). The molecule has 4 heteroatoms. The van der Waals surface area contributed by atoms with Gasteiger partial charge in [0.2, 0.25) is 0 Å². The highest BCUT2D eigenvalue weighted by atomic mass is 16.2. The number of pyridine rings is 1. The van der Waals surface area contributed by atoms with Crippen LogP contribution in [0.3, 0.4) is 0 Å². The summed E-state index contributed by atoms with van der Waals surface area (Å²) >= 11 is 0. The van der Waals surface area contributed by atoms with E-state index in [9.17, 15) is 4.79 Å². The van der Waals surface area contributed by atoms with Crippen molar-refractivity contribution in [3.63, 3.8) is 0 Å². The predicted octanol–water partition coefficient (Wildman–Crippen LogP) is 3.08. The first-order chi connectivity index (χ1) is 9.61. The lowest BCUT2D eigenvalue weighted by Crippen LogP contribution is -2.39. The van der Waals surface area contributed by atoms with Crippen molar-refractivity contribution in [2.45, 2.75) is 40.0 Å². The van der Waals surface area contributed by atoms with Crippen LogP contribution in [-0.4, -0.2) is 35.4 Å². The van der Waals surface area contributed by atoms with E-state index < -0.39 is 0 Å². The molecule has 1 atom stereocenters. The van der Waals surface area contributed by atoms with Gasteiger partial charge in [-0.15, -0.1) is 0 Å². The van der Waals surface area contributed by atoms with Crippen LogP contribution in [0.1, 0.15) is 49.2 Å². The summed E-state index contributed by atoms with van der Waals surface area (Å²) in [6.07, 6.45) is 5.07. The molecule has 0 spiro atoms. The summed E-state index contributed by atoms with van der Waals surface area (Å²) in [7, 11) is 0. The highest BCUT2D eigenvalue weighted by molar-refractivity contribution is 5.99. The van der Waals surface area contributed by atoms with Crippen LogP contribution in [0.4, 0.5) is 5.69 Å². The molecular weight excluding hydrogens is 250 g/mol. The van der Waals surface area contributed by atoms with Gasteiger partial charge in [-0.2, -0.15) is 0 Å². The van der Waals surface area contributed by atoms with Crippen molar-refractivity contribution >= 4 is 11.6 Å². The van der Waals surface area contributed by atoms with Gasteiger partial charge in [-0.25, -0.2) is 0 Å². The van der Waals surface area contributed by atoms with Gasteiger partial charge in [-0.3, -0.25) is 9.78 Å². The number of rotatable bonds is 4. The number of anilines is 1. The Kier molecular flexibility index (Phi) is 4.99. The molecule has 1 aliphatic heterocycles. The predicted molar refractivity (Wildman–Crippen MR) is 82.1 cm³/mol. The molecule has 1 fully saturated rings. The van der Waals surface area contributed by atoms with E-state index in [4.69, 9.17) is 0 Å². The number of carbonyl (C=O) groups excluding carboxylic acids is 1. The van der Waals surface area contributed by atoms with Crippen LogP contribution in [0.2, 0.25) is 0 Å². The van der Waals surface area contributed by atoms with Crippen molar-refractivity contribution in [1.82, 2.24) is 9.88 Å². The highest BCUT2D eigenvalue weighted by Gasteiger charge is 2.24. The third-order valence-corrected chi connectivity index (χ3v) is 3.78. The van der Waals surface area contributed by atoms with E-state index in [2.05, 4.69) is 24.1 Å². The van der Waals surface area contributed by atoms with E-state index in [1.54, 1.807) is 6.20 Å². The molecule has 0 radical (unpaired) electrons. The molecule has 2 rings (SSSR count). The molecule has 2 heterocycles. The second-order valence-corrected chi connectivity index (χ2v) is 5.80. The third kappa shape index (κ3) is 3.50. The Labute approximate surface area is 121 Å². The Bertz CT molecular complexity index is 473. The molecule has 1 aromatic heterocycles. The minimum atomic E-state index is 0.114. The number of hydrogen-bond acceptors (Lipinski definition) is 3. The van der Waals surface area contributed by atoms with Crippen LogP contribution in [0.15, 0.2) is 12.3 Å². The van der Waals surface area contributed by atoms with E-state index in [1.807, 2.05) is 17.9 Å². The van der Waals surface area contributed by atoms with Gasteiger partial charge in [-0.05, 0) is 38.2 Å². The number of nitrogens with one attached hydrogen (secondary N) is 1. The van der Waals surface area contributed by atoms with Gasteiger partial charge in [0.15, 0.2) is 0 Å². The number of amides is 1. The number of carbonyl (C=O) groups is 1. The molecule has 1 unspecified atom stereocenters. The first-order valence-corrected chi connectivity index (χ1v) is 7.61. The third-order valence-electron chi connectivity index (χ3n) is 3.78. The van der Waals surface area contributed by atoms with Gasteiger partial charge in [-0.1, -0.05) is 13.8 Å². The van der Waals surface area contributed by atoms with Crippen LogP contribution in [0.25, 0.3) is 0 Å². The largest absolute Gasteiger partial charge is 0.384 e. The number of aryl methyl sites for hydroxylation is 1. The van der Waals surface area contributed by atoms with Crippen molar-refractivity contribution in [2.75, 3.05) is 25.0 Å². The Morgan fingerprint density at radius 1 is 1.55 bits per heavy atom. The Hall–Kier alpha value is -1.58. The van der Waals surface area contributed by atoms with Crippen LogP contribution in [0.5, 0.6) is 0 Å². The summed E-state index contributed by atoms with van der Waals surface area (Å²) in [5.74, 6) is 0.709. The zero-order valence-corrected chi connectivity index (χ0v) is 12.8. The van der Waals surface area contributed by atoms with Crippen LogP contribution in [0, 0.1) is 12.8 Å². The van der Waals surface area contributed by atoms with Gasteiger partial charge in [0.25, 0.3) is 5.91 Å². The van der Waals surface area contributed by atoms with Gasteiger partial charge in [0, 0.05) is 31.5 Å². The summed E-state index contributed by atoms with van der Waals surface area (Å²) < 4.78 is 0. The quantitative estimate of drug-likeness (QED) is 0.918. The molecule has 0 saturated carbocycles. The lowest BCUT2D eigenvalue weighted by Gasteiger charge is -2.31. The first kappa shape index (κ1) is 14.8. The zero-order chi connectivity index (χ0) is 14.5. The smallest absolute Gasteiger partial charge is 0.257 e. The number of piperidine rings is 1.